The van der Waals surface area contributed by atoms with Gasteiger partial charge in [0, 0.05) is 10.6 Å². The largest absolute Gasteiger partial charge is 0.487 e. The molecule has 0 unspecified atom stereocenters. The minimum Gasteiger partial charge on any atom is -0.487 e. The Morgan fingerprint density at radius 3 is 2.50 bits per heavy atom. The van der Waals surface area contributed by atoms with Gasteiger partial charge in [-0.2, -0.15) is 0 Å². The normalized spacial score (nSPS) is 16.1. The summed E-state index contributed by atoms with van der Waals surface area (Å²) >= 11 is 13.8. The second kappa shape index (κ2) is 9.39. The molecular formula is C23H16Cl2N2O2S. The Morgan fingerprint density at radius 1 is 0.967 bits per heavy atom. The molecule has 4 rings (SSSR count). The molecule has 30 heavy (non-hydrogen) atoms. The molecule has 1 N–H and O–H groups in total. The van der Waals surface area contributed by atoms with E-state index < -0.39 is 0 Å². The molecule has 0 atom stereocenters. The summed E-state index contributed by atoms with van der Waals surface area (Å²) in [4.78, 5) is 17.3. The van der Waals surface area contributed by atoms with Crippen molar-refractivity contribution in [3.63, 3.8) is 0 Å². The summed E-state index contributed by atoms with van der Waals surface area (Å²) in [5.74, 6) is 0.360. The Labute approximate surface area is 188 Å². The quantitative estimate of drug-likeness (QED) is 0.449. The Balaban J connectivity index is 1.46. The zero-order chi connectivity index (χ0) is 20.9. The molecule has 1 saturated heterocycles. The zero-order valence-electron chi connectivity index (χ0n) is 15.6. The molecule has 3 aromatic rings. The van der Waals surface area contributed by atoms with Crippen LogP contribution in [0.5, 0.6) is 5.75 Å². The SMILES string of the molecule is O=C1NC(=Nc2ccccc2)S/C1=C\c1ccc(OCc2ccccc2Cl)c(Cl)c1. The fourth-order valence-electron chi connectivity index (χ4n) is 2.75. The van der Waals surface area contributed by atoms with Gasteiger partial charge >= 0.3 is 0 Å². The first-order valence-corrected chi connectivity index (χ1v) is 10.7. The second-order valence-corrected chi connectivity index (χ2v) is 8.23. The monoisotopic (exact) mass is 454 g/mol. The van der Waals surface area contributed by atoms with Gasteiger partial charge in [0.25, 0.3) is 5.91 Å². The van der Waals surface area contributed by atoms with E-state index in [0.29, 0.717) is 32.5 Å². The van der Waals surface area contributed by atoms with Gasteiger partial charge < -0.3 is 10.1 Å². The van der Waals surface area contributed by atoms with Crippen LogP contribution in [0, 0.1) is 0 Å². The van der Waals surface area contributed by atoms with Crippen LogP contribution in [0.15, 0.2) is 82.7 Å². The number of ether oxygens (including phenoxy) is 1. The van der Waals surface area contributed by atoms with Crippen LogP contribution >= 0.6 is 35.0 Å². The number of rotatable bonds is 5. The van der Waals surface area contributed by atoms with E-state index in [-0.39, 0.29) is 5.91 Å². The van der Waals surface area contributed by atoms with Gasteiger partial charge in [-0.25, -0.2) is 4.99 Å². The number of nitrogens with zero attached hydrogens (tertiary/aromatic N) is 1. The third-order valence-electron chi connectivity index (χ3n) is 4.23. The zero-order valence-corrected chi connectivity index (χ0v) is 18.0. The molecule has 150 valence electrons. The smallest absolute Gasteiger partial charge is 0.264 e. The van der Waals surface area contributed by atoms with Gasteiger partial charge in [-0.3, -0.25) is 4.79 Å². The summed E-state index contributed by atoms with van der Waals surface area (Å²) in [6.45, 7) is 0.317. The Kier molecular flexibility index (Phi) is 6.43. The van der Waals surface area contributed by atoms with E-state index >= 15 is 0 Å². The van der Waals surface area contributed by atoms with Crippen LogP contribution in [0.3, 0.4) is 0 Å². The highest BCUT2D eigenvalue weighted by Gasteiger charge is 2.23. The highest BCUT2D eigenvalue weighted by Crippen LogP contribution is 2.31. The molecule has 0 aromatic heterocycles. The van der Waals surface area contributed by atoms with Gasteiger partial charge in [-0.05, 0) is 53.7 Å². The molecule has 3 aromatic carbocycles. The fraction of sp³-hybridized carbons (Fsp3) is 0.0435. The number of hydrogen-bond acceptors (Lipinski definition) is 4. The maximum Gasteiger partial charge on any atom is 0.264 e. The minimum atomic E-state index is -0.190. The van der Waals surface area contributed by atoms with Crippen LogP contribution in [-0.4, -0.2) is 11.1 Å². The van der Waals surface area contributed by atoms with Crippen LogP contribution in [0.2, 0.25) is 10.0 Å². The third-order valence-corrected chi connectivity index (χ3v) is 5.81. The lowest BCUT2D eigenvalue weighted by atomic mass is 10.2. The van der Waals surface area contributed by atoms with Crippen LogP contribution in [0.25, 0.3) is 6.08 Å². The van der Waals surface area contributed by atoms with Crippen molar-refractivity contribution in [1.82, 2.24) is 5.32 Å². The predicted octanol–water partition coefficient (Wildman–Crippen LogP) is 6.46. The molecule has 0 bridgehead atoms. The van der Waals surface area contributed by atoms with E-state index in [2.05, 4.69) is 10.3 Å². The van der Waals surface area contributed by atoms with Crippen molar-refractivity contribution in [2.45, 2.75) is 6.61 Å². The van der Waals surface area contributed by atoms with Crippen molar-refractivity contribution >= 4 is 57.8 Å². The summed E-state index contributed by atoms with van der Waals surface area (Å²) in [5.41, 5.74) is 2.46. The van der Waals surface area contributed by atoms with Crippen molar-refractivity contribution in [1.29, 1.82) is 0 Å². The van der Waals surface area contributed by atoms with Crippen LogP contribution < -0.4 is 10.1 Å². The van der Waals surface area contributed by atoms with Crippen molar-refractivity contribution in [2.24, 2.45) is 4.99 Å². The summed E-state index contributed by atoms with van der Waals surface area (Å²) in [6, 6.07) is 22.3. The molecule has 1 fully saturated rings. The summed E-state index contributed by atoms with van der Waals surface area (Å²) in [5, 5.41) is 4.42. The second-order valence-electron chi connectivity index (χ2n) is 6.39. The molecule has 7 heteroatoms. The lowest BCUT2D eigenvalue weighted by Gasteiger charge is -2.10. The van der Waals surface area contributed by atoms with E-state index in [0.717, 1.165) is 16.8 Å². The molecular weight excluding hydrogens is 439 g/mol. The molecule has 0 saturated carbocycles. The highest BCUT2D eigenvalue weighted by atomic mass is 35.5. The average molecular weight is 455 g/mol. The van der Waals surface area contributed by atoms with E-state index in [1.807, 2.05) is 60.7 Å². The predicted molar refractivity (Wildman–Crippen MR) is 124 cm³/mol. The van der Waals surface area contributed by atoms with Crippen LogP contribution in [0.1, 0.15) is 11.1 Å². The molecule has 1 aliphatic rings. The van der Waals surface area contributed by atoms with Gasteiger partial charge in [0.15, 0.2) is 5.17 Å². The molecule has 0 aliphatic carbocycles. The van der Waals surface area contributed by atoms with Crippen molar-refractivity contribution in [3.8, 4) is 5.75 Å². The first-order chi connectivity index (χ1) is 14.6. The number of aliphatic imine (C=N–C) groups is 1. The van der Waals surface area contributed by atoms with E-state index in [1.54, 1.807) is 18.2 Å². The van der Waals surface area contributed by atoms with Gasteiger partial charge in [0.1, 0.15) is 12.4 Å². The number of para-hydroxylation sites is 1. The van der Waals surface area contributed by atoms with Gasteiger partial charge in [0.2, 0.25) is 0 Å². The summed E-state index contributed by atoms with van der Waals surface area (Å²) in [7, 11) is 0. The minimum absolute atomic E-state index is 0.190. The van der Waals surface area contributed by atoms with Crippen LogP contribution in [0.4, 0.5) is 5.69 Å². The van der Waals surface area contributed by atoms with E-state index in [4.69, 9.17) is 27.9 Å². The Hall–Kier alpha value is -2.73. The number of carbonyl (C=O) groups excluding carboxylic acids is 1. The maximum atomic E-state index is 12.3. The molecule has 0 radical (unpaired) electrons. The molecule has 0 spiro atoms. The van der Waals surface area contributed by atoms with Crippen LogP contribution in [-0.2, 0) is 11.4 Å². The third kappa shape index (κ3) is 5.05. The number of hydrogen-bond donors (Lipinski definition) is 1. The lowest BCUT2D eigenvalue weighted by Crippen LogP contribution is -2.19. The molecule has 1 amide bonds. The number of thioether (sulfide) groups is 1. The molecule has 1 aliphatic heterocycles. The average Bonchev–Trinajstić information content (AvgIpc) is 3.08. The van der Waals surface area contributed by atoms with Crippen molar-refractivity contribution < 1.29 is 9.53 Å². The number of halogens is 2. The summed E-state index contributed by atoms with van der Waals surface area (Å²) < 4.78 is 5.79. The number of amides is 1. The Bertz CT molecular complexity index is 1150. The van der Waals surface area contributed by atoms with Gasteiger partial charge in [-0.1, -0.05) is 65.7 Å². The van der Waals surface area contributed by atoms with Gasteiger partial charge in [0.05, 0.1) is 15.6 Å². The lowest BCUT2D eigenvalue weighted by molar-refractivity contribution is -0.115. The Morgan fingerprint density at radius 2 is 1.73 bits per heavy atom. The molecule has 4 nitrogen and oxygen atoms in total. The molecule has 1 heterocycles. The van der Waals surface area contributed by atoms with E-state index in [1.165, 1.54) is 11.8 Å². The highest BCUT2D eigenvalue weighted by molar-refractivity contribution is 8.18. The number of nitrogens with one attached hydrogen (secondary N) is 1. The van der Waals surface area contributed by atoms with E-state index in [9.17, 15) is 4.79 Å². The van der Waals surface area contributed by atoms with Crippen molar-refractivity contribution in [3.05, 3.63) is 98.9 Å². The van der Waals surface area contributed by atoms with Crippen molar-refractivity contribution in [2.75, 3.05) is 0 Å². The maximum absolute atomic E-state index is 12.3. The topological polar surface area (TPSA) is 50.7 Å². The number of amidine groups is 1. The standard InChI is InChI=1S/C23H16Cl2N2O2S/c24-18-9-5-4-6-16(18)14-29-20-11-10-15(12-19(20)25)13-21-22(28)27-23(30-21)26-17-7-2-1-3-8-17/h1-13H,14H2,(H,26,27,28)/b21-13-. The first kappa shape index (κ1) is 20.5. The first-order valence-electron chi connectivity index (χ1n) is 9.09. The fourth-order valence-corrected chi connectivity index (χ4v) is 4.02. The van der Waals surface area contributed by atoms with Gasteiger partial charge in [-0.15, -0.1) is 0 Å². The number of benzene rings is 3. The summed E-state index contributed by atoms with van der Waals surface area (Å²) in [6.07, 6.45) is 1.78. The number of carbonyl (C=O) groups is 1.